The number of carbonyl (C=O) groups is 1. The van der Waals surface area contributed by atoms with Gasteiger partial charge < -0.3 is 15.5 Å². The minimum atomic E-state index is -0.161. The number of piperidine rings is 1. The summed E-state index contributed by atoms with van der Waals surface area (Å²) in [5, 5.41) is 6.41. The first-order chi connectivity index (χ1) is 7.38. The number of hydrogen-bond donors (Lipinski definition) is 2. The van der Waals surface area contributed by atoms with Gasteiger partial charge >= 0.3 is 6.03 Å². The van der Waals surface area contributed by atoms with Crippen molar-refractivity contribution in [2.75, 3.05) is 20.1 Å². The van der Waals surface area contributed by atoms with Gasteiger partial charge in [0.25, 0.3) is 0 Å². The van der Waals surface area contributed by atoms with E-state index in [1.807, 2.05) is 27.8 Å². The zero-order valence-electron chi connectivity index (χ0n) is 11.0. The zero-order valence-corrected chi connectivity index (χ0v) is 11.0. The van der Waals surface area contributed by atoms with Crippen molar-refractivity contribution in [3.05, 3.63) is 0 Å². The predicted octanol–water partition coefficient (Wildman–Crippen LogP) is 1.57. The lowest BCUT2D eigenvalue weighted by molar-refractivity contribution is 0.190. The molecule has 94 valence electrons. The number of likely N-dealkylation sites (N-methyl/N-ethyl adjacent to an activating group) is 1. The SMILES string of the molecule is CN(CC1CCCCN1)C(=O)NC(C)(C)C. The van der Waals surface area contributed by atoms with E-state index in [1.54, 1.807) is 4.90 Å². The van der Waals surface area contributed by atoms with Crippen LogP contribution in [-0.4, -0.2) is 42.6 Å². The van der Waals surface area contributed by atoms with Gasteiger partial charge in [0, 0.05) is 25.2 Å². The molecule has 0 aliphatic carbocycles. The Bertz CT molecular complexity index is 229. The van der Waals surface area contributed by atoms with Crippen molar-refractivity contribution in [2.24, 2.45) is 0 Å². The van der Waals surface area contributed by atoms with Crippen LogP contribution >= 0.6 is 0 Å². The molecule has 1 rings (SSSR count). The molecule has 0 spiro atoms. The smallest absolute Gasteiger partial charge is 0.317 e. The second kappa shape index (κ2) is 5.53. The lowest BCUT2D eigenvalue weighted by Gasteiger charge is -2.30. The molecule has 0 bridgehead atoms. The van der Waals surface area contributed by atoms with Crippen LogP contribution in [0.2, 0.25) is 0 Å². The fraction of sp³-hybridized carbons (Fsp3) is 0.917. The van der Waals surface area contributed by atoms with E-state index in [0.717, 1.165) is 13.1 Å². The van der Waals surface area contributed by atoms with Crippen LogP contribution in [0.15, 0.2) is 0 Å². The van der Waals surface area contributed by atoms with Crippen LogP contribution in [0.4, 0.5) is 4.79 Å². The maximum Gasteiger partial charge on any atom is 0.317 e. The van der Waals surface area contributed by atoms with E-state index in [2.05, 4.69) is 10.6 Å². The minimum Gasteiger partial charge on any atom is -0.333 e. The highest BCUT2D eigenvalue weighted by atomic mass is 16.2. The van der Waals surface area contributed by atoms with Gasteiger partial charge in [-0.3, -0.25) is 0 Å². The van der Waals surface area contributed by atoms with Gasteiger partial charge in [-0.1, -0.05) is 6.42 Å². The summed E-state index contributed by atoms with van der Waals surface area (Å²) in [6.45, 7) is 7.87. The highest BCUT2D eigenvalue weighted by Gasteiger charge is 2.20. The third-order valence-electron chi connectivity index (χ3n) is 2.74. The average molecular weight is 227 g/mol. The summed E-state index contributed by atoms with van der Waals surface area (Å²) in [6, 6.07) is 0.476. The van der Waals surface area contributed by atoms with Crippen molar-refractivity contribution in [3.63, 3.8) is 0 Å². The van der Waals surface area contributed by atoms with E-state index >= 15 is 0 Å². The predicted molar refractivity (Wildman–Crippen MR) is 66.6 cm³/mol. The lowest BCUT2D eigenvalue weighted by Crippen LogP contribution is -2.51. The zero-order chi connectivity index (χ0) is 12.2. The van der Waals surface area contributed by atoms with E-state index in [4.69, 9.17) is 0 Å². The Hall–Kier alpha value is -0.770. The van der Waals surface area contributed by atoms with E-state index in [0.29, 0.717) is 6.04 Å². The minimum absolute atomic E-state index is 0.0138. The second-order valence-electron chi connectivity index (χ2n) is 5.71. The number of nitrogens with zero attached hydrogens (tertiary/aromatic N) is 1. The molecule has 1 heterocycles. The summed E-state index contributed by atoms with van der Waals surface area (Å²) in [6.07, 6.45) is 3.70. The van der Waals surface area contributed by atoms with Crippen LogP contribution in [0.5, 0.6) is 0 Å². The van der Waals surface area contributed by atoms with E-state index in [9.17, 15) is 4.79 Å². The topological polar surface area (TPSA) is 44.4 Å². The van der Waals surface area contributed by atoms with Gasteiger partial charge in [-0.05, 0) is 40.2 Å². The first-order valence-electron chi connectivity index (χ1n) is 6.15. The van der Waals surface area contributed by atoms with Crippen LogP contribution in [0.1, 0.15) is 40.0 Å². The summed E-state index contributed by atoms with van der Waals surface area (Å²) in [7, 11) is 1.86. The molecule has 2 N–H and O–H groups in total. The highest BCUT2D eigenvalue weighted by Crippen LogP contribution is 2.08. The third kappa shape index (κ3) is 4.84. The van der Waals surface area contributed by atoms with Crippen molar-refractivity contribution in [2.45, 2.75) is 51.6 Å². The van der Waals surface area contributed by atoms with Gasteiger partial charge in [-0.15, -0.1) is 0 Å². The van der Waals surface area contributed by atoms with Gasteiger partial charge in [0.05, 0.1) is 0 Å². The van der Waals surface area contributed by atoms with Gasteiger partial charge in [-0.25, -0.2) is 4.79 Å². The fourth-order valence-electron chi connectivity index (χ4n) is 1.91. The Labute approximate surface area is 98.8 Å². The van der Waals surface area contributed by atoms with Gasteiger partial charge in [0.2, 0.25) is 0 Å². The molecular weight excluding hydrogens is 202 g/mol. The Morgan fingerprint density at radius 2 is 2.12 bits per heavy atom. The number of amides is 2. The van der Waals surface area contributed by atoms with E-state index in [-0.39, 0.29) is 11.6 Å². The van der Waals surface area contributed by atoms with E-state index < -0.39 is 0 Å². The summed E-state index contributed by atoms with van der Waals surface area (Å²) >= 11 is 0. The van der Waals surface area contributed by atoms with Crippen molar-refractivity contribution in [3.8, 4) is 0 Å². The molecule has 0 aromatic carbocycles. The number of hydrogen-bond acceptors (Lipinski definition) is 2. The summed E-state index contributed by atoms with van der Waals surface area (Å²) in [4.78, 5) is 13.6. The van der Waals surface area contributed by atoms with Gasteiger partial charge in [-0.2, -0.15) is 0 Å². The van der Waals surface area contributed by atoms with Crippen molar-refractivity contribution >= 4 is 6.03 Å². The molecule has 2 amide bonds. The molecule has 0 saturated carbocycles. The number of urea groups is 1. The Balaban J connectivity index is 2.33. The van der Waals surface area contributed by atoms with E-state index in [1.165, 1.54) is 19.3 Å². The molecule has 1 atom stereocenters. The molecule has 4 nitrogen and oxygen atoms in total. The standard InChI is InChI=1S/C12H25N3O/c1-12(2,3)14-11(16)15(4)9-10-7-5-6-8-13-10/h10,13H,5-9H2,1-4H3,(H,14,16). The average Bonchev–Trinajstić information content (AvgIpc) is 2.16. The Morgan fingerprint density at radius 1 is 1.44 bits per heavy atom. The molecule has 1 aliphatic rings. The fourth-order valence-corrected chi connectivity index (χ4v) is 1.91. The number of nitrogens with one attached hydrogen (secondary N) is 2. The third-order valence-corrected chi connectivity index (χ3v) is 2.74. The van der Waals surface area contributed by atoms with Gasteiger partial charge in [0.1, 0.15) is 0 Å². The van der Waals surface area contributed by atoms with Crippen LogP contribution in [0.25, 0.3) is 0 Å². The van der Waals surface area contributed by atoms with Gasteiger partial charge in [0.15, 0.2) is 0 Å². The molecular formula is C12H25N3O. The molecule has 16 heavy (non-hydrogen) atoms. The first kappa shape index (κ1) is 13.3. The molecule has 0 aromatic heterocycles. The first-order valence-corrected chi connectivity index (χ1v) is 6.15. The van der Waals surface area contributed by atoms with Crippen LogP contribution in [0.3, 0.4) is 0 Å². The molecule has 4 heteroatoms. The summed E-state index contributed by atoms with van der Waals surface area (Å²) in [5.41, 5.74) is -0.161. The molecule has 1 unspecified atom stereocenters. The van der Waals surface area contributed by atoms with Crippen LogP contribution in [0, 0.1) is 0 Å². The molecule has 1 aliphatic heterocycles. The maximum atomic E-state index is 11.8. The Morgan fingerprint density at radius 3 is 2.62 bits per heavy atom. The summed E-state index contributed by atoms with van der Waals surface area (Å²) in [5.74, 6) is 0. The van der Waals surface area contributed by atoms with Crippen LogP contribution in [-0.2, 0) is 0 Å². The largest absolute Gasteiger partial charge is 0.333 e. The Kier molecular flexibility index (Phi) is 4.59. The number of carbonyl (C=O) groups excluding carboxylic acids is 1. The normalized spacial score (nSPS) is 21.6. The number of rotatable bonds is 2. The second-order valence-corrected chi connectivity index (χ2v) is 5.71. The molecule has 0 radical (unpaired) electrons. The van der Waals surface area contributed by atoms with Crippen LogP contribution < -0.4 is 10.6 Å². The van der Waals surface area contributed by atoms with Crippen molar-refractivity contribution in [1.29, 1.82) is 0 Å². The molecule has 1 saturated heterocycles. The van der Waals surface area contributed by atoms with Crippen molar-refractivity contribution < 1.29 is 4.79 Å². The lowest BCUT2D eigenvalue weighted by atomic mass is 10.0. The molecule has 1 fully saturated rings. The highest BCUT2D eigenvalue weighted by molar-refractivity contribution is 5.74. The quantitative estimate of drug-likeness (QED) is 0.752. The maximum absolute atomic E-state index is 11.8. The summed E-state index contributed by atoms with van der Waals surface area (Å²) < 4.78 is 0. The monoisotopic (exact) mass is 227 g/mol. The molecule has 0 aromatic rings. The van der Waals surface area contributed by atoms with Crippen molar-refractivity contribution in [1.82, 2.24) is 15.5 Å².